The summed E-state index contributed by atoms with van der Waals surface area (Å²) in [5.74, 6) is 6.23. The van der Waals surface area contributed by atoms with Crippen molar-refractivity contribution in [3.63, 3.8) is 0 Å². The number of para-hydroxylation sites is 1. The molecule has 2 nitrogen and oxygen atoms in total. The van der Waals surface area contributed by atoms with E-state index in [-0.39, 0.29) is 6.61 Å². The van der Waals surface area contributed by atoms with Crippen molar-refractivity contribution in [3.8, 4) is 17.6 Å². The molecular weight excluding hydrogens is 304 g/mol. The van der Waals surface area contributed by atoms with Crippen LogP contribution in [0.15, 0.2) is 48.0 Å². The minimum Gasteiger partial charge on any atom is -0.481 e. The van der Waals surface area contributed by atoms with Crippen molar-refractivity contribution >= 4 is 15.9 Å². The predicted octanol–water partition coefficient (Wildman–Crippen LogP) is 3.46. The lowest BCUT2D eigenvalue weighted by Crippen LogP contribution is -2.17. The molecule has 1 atom stereocenters. The summed E-state index contributed by atoms with van der Waals surface area (Å²) in [5, 5.41) is 9.63. The molecule has 0 aliphatic heterocycles. The van der Waals surface area contributed by atoms with Gasteiger partial charge in [-0.3, -0.25) is 0 Å². The minimum atomic E-state index is -1.17. The van der Waals surface area contributed by atoms with Crippen molar-refractivity contribution in [3.05, 3.63) is 53.5 Å². The quantitative estimate of drug-likeness (QED) is 0.665. The lowest BCUT2D eigenvalue weighted by molar-refractivity contribution is 0.174. The highest BCUT2D eigenvalue weighted by Gasteiger charge is 2.09. The summed E-state index contributed by atoms with van der Waals surface area (Å²) in [6, 6.07) is 7.73. The van der Waals surface area contributed by atoms with Crippen molar-refractivity contribution in [2.45, 2.75) is 18.9 Å². The Morgan fingerprint density at radius 3 is 2.84 bits per heavy atom. The van der Waals surface area contributed by atoms with Gasteiger partial charge in [0.25, 0.3) is 0 Å². The van der Waals surface area contributed by atoms with E-state index in [0.717, 1.165) is 15.8 Å². The molecule has 19 heavy (non-hydrogen) atoms. The van der Waals surface area contributed by atoms with Crippen molar-refractivity contribution in [1.82, 2.24) is 0 Å². The highest BCUT2D eigenvalue weighted by molar-refractivity contribution is 9.11. The Bertz CT molecular complexity index is 521. The Kier molecular flexibility index (Phi) is 5.88. The fourth-order valence-electron chi connectivity index (χ4n) is 1.38. The molecule has 0 amide bonds. The van der Waals surface area contributed by atoms with Crippen LogP contribution in [0.5, 0.6) is 5.75 Å². The molecule has 3 heteroatoms. The van der Waals surface area contributed by atoms with Gasteiger partial charge in [-0.05, 0) is 29.1 Å². The van der Waals surface area contributed by atoms with Crippen LogP contribution in [0, 0.1) is 11.8 Å². The Morgan fingerprint density at radius 2 is 2.21 bits per heavy atom. The molecule has 0 saturated carbocycles. The average molecular weight is 321 g/mol. The van der Waals surface area contributed by atoms with Gasteiger partial charge in [0, 0.05) is 6.42 Å². The van der Waals surface area contributed by atoms with E-state index in [4.69, 9.17) is 4.74 Å². The molecule has 1 rings (SSSR count). The smallest absolute Gasteiger partial charge is 0.149 e. The molecule has 0 aliphatic carbocycles. The number of hydrogen-bond acceptors (Lipinski definition) is 2. The third kappa shape index (κ3) is 5.78. The first-order valence-corrected chi connectivity index (χ1v) is 6.64. The van der Waals surface area contributed by atoms with E-state index < -0.39 is 5.60 Å². The fourth-order valence-corrected chi connectivity index (χ4v) is 1.68. The molecule has 0 radical (unpaired) electrons. The normalized spacial score (nSPS) is 12.8. The van der Waals surface area contributed by atoms with E-state index in [0.29, 0.717) is 6.42 Å². The summed E-state index contributed by atoms with van der Waals surface area (Å²) < 4.78 is 6.49. The second-order valence-corrected chi connectivity index (χ2v) is 5.37. The Hall–Kier alpha value is -1.50. The summed E-state index contributed by atoms with van der Waals surface area (Å²) >= 11 is 3.34. The zero-order chi connectivity index (χ0) is 14.3. The lowest BCUT2D eigenvalue weighted by atomic mass is 10.1. The molecule has 0 bridgehead atoms. The van der Waals surface area contributed by atoms with Gasteiger partial charge in [-0.1, -0.05) is 59.1 Å². The van der Waals surface area contributed by atoms with Crippen LogP contribution < -0.4 is 4.74 Å². The largest absolute Gasteiger partial charge is 0.481 e. The number of halogens is 1. The second-order valence-electron chi connectivity index (χ2n) is 4.24. The van der Waals surface area contributed by atoms with E-state index in [2.05, 4.69) is 40.9 Å². The van der Waals surface area contributed by atoms with Crippen molar-refractivity contribution in [2.24, 2.45) is 0 Å². The van der Waals surface area contributed by atoms with Crippen LogP contribution >= 0.6 is 15.9 Å². The molecule has 0 aliphatic rings. The lowest BCUT2D eigenvalue weighted by Gasteiger charge is -2.10. The second kappa shape index (κ2) is 7.18. The first-order valence-electron chi connectivity index (χ1n) is 5.84. The minimum absolute atomic E-state index is 0.218. The number of rotatable bonds is 5. The molecule has 0 fully saturated rings. The molecule has 0 heterocycles. The molecule has 0 spiro atoms. The summed E-state index contributed by atoms with van der Waals surface area (Å²) in [7, 11) is 0. The van der Waals surface area contributed by atoms with Crippen LogP contribution in [0.25, 0.3) is 0 Å². The maximum atomic E-state index is 9.63. The van der Waals surface area contributed by atoms with Gasteiger partial charge in [-0.15, -0.1) is 0 Å². The summed E-state index contributed by atoms with van der Waals surface area (Å²) in [4.78, 5) is 0. The first kappa shape index (κ1) is 15.6. The zero-order valence-corrected chi connectivity index (χ0v) is 12.5. The zero-order valence-electron chi connectivity index (χ0n) is 10.9. The molecule has 1 unspecified atom stereocenters. The molecule has 1 aromatic rings. The van der Waals surface area contributed by atoms with Crippen LogP contribution in [0.3, 0.4) is 0 Å². The van der Waals surface area contributed by atoms with Gasteiger partial charge in [0.1, 0.15) is 18.0 Å². The third-order valence-electron chi connectivity index (χ3n) is 2.39. The summed E-state index contributed by atoms with van der Waals surface area (Å²) in [5.41, 5.74) is -0.130. The predicted molar refractivity (Wildman–Crippen MR) is 82.3 cm³/mol. The van der Waals surface area contributed by atoms with Gasteiger partial charge in [0.05, 0.1) is 0 Å². The molecule has 1 N–H and O–H groups in total. The van der Waals surface area contributed by atoms with Crippen LogP contribution in [0.2, 0.25) is 0 Å². The molecular formula is C16H17BrO2. The highest BCUT2D eigenvalue weighted by atomic mass is 79.9. The molecule has 100 valence electrons. The summed E-state index contributed by atoms with van der Waals surface area (Å²) in [6.45, 7) is 9.13. The van der Waals surface area contributed by atoms with Gasteiger partial charge in [0.15, 0.2) is 0 Å². The van der Waals surface area contributed by atoms with E-state index in [9.17, 15) is 5.11 Å². The van der Waals surface area contributed by atoms with Gasteiger partial charge < -0.3 is 9.84 Å². The van der Waals surface area contributed by atoms with E-state index in [1.807, 2.05) is 24.3 Å². The van der Waals surface area contributed by atoms with Gasteiger partial charge in [-0.2, -0.15) is 0 Å². The van der Waals surface area contributed by atoms with Crippen molar-refractivity contribution < 1.29 is 9.84 Å². The maximum Gasteiger partial charge on any atom is 0.149 e. The number of allylic oxidation sites excluding steroid dienone is 1. The van der Waals surface area contributed by atoms with Crippen molar-refractivity contribution in [2.75, 3.05) is 6.61 Å². The number of hydrogen-bond donors (Lipinski definition) is 1. The average Bonchev–Trinajstić information content (AvgIpc) is 2.36. The Balaban J connectivity index is 2.68. The molecule has 0 aromatic heterocycles. The van der Waals surface area contributed by atoms with Gasteiger partial charge >= 0.3 is 0 Å². The van der Waals surface area contributed by atoms with E-state index >= 15 is 0 Å². The SMILES string of the molecule is C=CC(C)(O)C#CCOc1ccccc1CC(=C)Br. The topological polar surface area (TPSA) is 29.5 Å². The standard InChI is InChI=1S/C16H17BrO2/c1-4-16(3,18)10-7-11-19-15-9-6-5-8-14(15)12-13(2)17/h4-6,8-9,18H,1-2,11-12H2,3H3. The third-order valence-corrected chi connectivity index (χ3v) is 2.67. The van der Waals surface area contributed by atoms with Crippen LogP contribution in [-0.2, 0) is 6.42 Å². The van der Waals surface area contributed by atoms with Crippen molar-refractivity contribution in [1.29, 1.82) is 0 Å². The van der Waals surface area contributed by atoms with Gasteiger partial charge in [0.2, 0.25) is 0 Å². The highest BCUT2D eigenvalue weighted by Crippen LogP contribution is 2.22. The number of benzene rings is 1. The van der Waals surface area contributed by atoms with Crippen LogP contribution in [0.4, 0.5) is 0 Å². The Morgan fingerprint density at radius 1 is 1.53 bits per heavy atom. The molecule has 0 saturated heterocycles. The number of ether oxygens (including phenoxy) is 1. The van der Waals surface area contributed by atoms with Crippen LogP contribution in [0.1, 0.15) is 12.5 Å². The summed E-state index contributed by atoms with van der Waals surface area (Å²) in [6.07, 6.45) is 2.09. The Labute approximate surface area is 122 Å². The van der Waals surface area contributed by atoms with Gasteiger partial charge in [-0.25, -0.2) is 0 Å². The van der Waals surface area contributed by atoms with Crippen LogP contribution in [-0.4, -0.2) is 17.3 Å². The van der Waals surface area contributed by atoms with E-state index in [1.165, 1.54) is 6.08 Å². The number of aliphatic hydroxyl groups is 1. The molecule has 1 aromatic carbocycles. The monoisotopic (exact) mass is 320 g/mol. The fraction of sp³-hybridized carbons (Fsp3) is 0.250. The van der Waals surface area contributed by atoms with E-state index in [1.54, 1.807) is 6.92 Å². The maximum absolute atomic E-state index is 9.63. The first-order chi connectivity index (χ1) is 8.94.